The summed E-state index contributed by atoms with van der Waals surface area (Å²) in [6.45, 7) is 5.73. The van der Waals surface area contributed by atoms with Gasteiger partial charge in [-0.05, 0) is 92.9 Å². The van der Waals surface area contributed by atoms with Crippen LogP contribution in [-0.4, -0.2) is 60.1 Å². The first-order chi connectivity index (χ1) is 19.9. The molecular weight excluding hydrogens is 530 g/mol. The number of primary amides is 1. The average molecular weight is 574 g/mol. The number of halogens is 1. The molecule has 2 fully saturated rings. The van der Waals surface area contributed by atoms with E-state index in [-0.39, 0.29) is 11.3 Å². The number of nitrogens with zero attached hydrogens (tertiary/aromatic N) is 2. The number of carbonyl (C=O) groups is 1. The summed E-state index contributed by atoms with van der Waals surface area (Å²) in [5.41, 5.74) is 8.29. The van der Waals surface area contributed by atoms with Crippen LogP contribution in [0.4, 0.5) is 0 Å². The van der Waals surface area contributed by atoms with Crippen LogP contribution in [0.15, 0.2) is 84.9 Å². The third kappa shape index (κ3) is 7.39. The summed E-state index contributed by atoms with van der Waals surface area (Å²) in [6, 6.07) is 29.7. The highest BCUT2D eigenvalue weighted by Crippen LogP contribution is 2.40. The number of rotatable bonds is 11. The molecule has 0 saturated carbocycles. The highest BCUT2D eigenvalue weighted by molar-refractivity contribution is 6.30. The van der Waals surface area contributed by atoms with Crippen molar-refractivity contribution in [2.75, 3.05) is 39.3 Å². The van der Waals surface area contributed by atoms with Crippen molar-refractivity contribution in [1.29, 1.82) is 0 Å². The summed E-state index contributed by atoms with van der Waals surface area (Å²) in [6.07, 6.45) is 6.12. The SMILES string of the molecule is NC(=O)CC1CCN(CC(CCCN2CCC(O)(c3ccc(Cl)cc3)CC2)(c2ccccc2)c2ccccc2)CC1. The van der Waals surface area contributed by atoms with E-state index in [1.807, 2.05) is 24.3 Å². The van der Waals surface area contributed by atoms with Crippen LogP contribution in [0.1, 0.15) is 61.6 Å². The Morgan fingerprint density at radius 1 is 0.854 bits per heavy atom. The fourth-order valence-corrected chi connectivity index (χ4v) is 7.17. The predicted octanol–water partition coefficient (Wildman–Crippen LogP) is 5.98. The van der Waals surface area contributed by atoms with E-state index in [0.717, 1.165) is 83.4 Å². The van der Waals surface area contributed by atoms with Gasteiger partial charge in [0.25, 0.3) is 0 Å². The Morgan fingerprint density at radius 3 is 1.95 bits per heavy atom. The Labute approximate surface area is 250 Å². The molecule has 3 N–H and O–H groups in total. The zero-order valence-electron chi connectivity index (χ0n) is 24.1. The summed E-state index contributed by atoms with van der Waals surface area (Å²) in [5.74, 6) is 0.216. The summed E-state index contributed by atoms with van der Waals surface area (Å²) in [4.78, 5) is 16.6. The number of aliphatic hydroxyl groups is 1. The first-order valence-electron chi connectivity index (χ1n) is 15.2. The molecule has 5 nitrogen and oxygen atoms in total. The van der Waals surface area contributed by atoms with Crippen molar-refractivity contribution in [2.24, 2.45) is 11.7 Å². The minimum Gasteiger partial charge on any atom is -0.385 e. The number of piperidine rings is 2. The molecular formula is C35H44ClN3O2. The first kappa shape index (κ1) is 29.8. The molecule has 0 spiro atoms. The highest BCUT2D eigenvalue weighted by Gasteiger charge is 2.38. The Balaban J connectivity index is 1.29. The van der Waals surface area contributed by atoms with Crippen molar-refractivity contribution >= 4 is 17.5 Å². The molecule has 2 saturated heterocycles. The molecule has 0 aliphatic carbocycles. The lowest BCUT2D eigenvalue weighted by Crippen LogP contribution is -2.46. The van der Waals surface area contributed by atoms with Crippen molar-refractivity contribution < 1.29 is 9.90 Å². The molecule has 2 aliphatic rings. The topological polar surface area (TPSA) is 69.8 Å². The minimum atomic E-state index is -0.778. The normalized spacial score (nSPS) is 18.8. The molecule has 2 heterocycles. The molecule has 6 heteroatoms. The standard InChI is InChI=1S/C35H44ClN3O2/c36-32-14-12-31(13-15-32)35(41)19-24-38(25-20-35)21-7-18-34(29-8-3-1-4-9-29,30-10-5-2-6-11-30)27-39-22-16-28(17-23-39)26-33(37)40/h1-6,8-15,28,41H,7,16-27H2,(H2,37,40). The van der Waals surface area contributed by atoms with Crippen molar-refractivity contribution in [3.63, 3.8) is 0 Å². The Morgan fingerprint density at radius 2 is 1.41 bits per heavy atom. The Hall–Kier alpha value is -2.70. The third-order valence-corrected chi connectivity index (χ3v) is 9.74. The summed E-state index contributed by atoms with van der Waals surface area (Å²) < 4.78 is 0. The minimum absolute atomic E-state index is 0.126. The summed E-state index contributed by atoms with van der Waals surface area (Å²) in [5, 5.41) is 12.1. The number of benzene rings is 3. The molecule has 218 valence electrons. The van der Waals surface area contributed by atoms with Crippen LogP contribution in [0, 0.1) is 5.92 Å². The van der Waals surface area contributed by atoms with Gasteiger partial charge in [-0.3, -0.25) is 4.79 Å². The van der Waals surface area contributed by atoms with E-state index >= 15 is 0 Å². The van der Waals surface area contributed by atoms with Gasteiger partial charge in [0.1, 0.15) is 0 Å². The lowest BCUT2D eigenvalue weighted by molar-refractivity contribution is -0.119. The number of nitrogens with two attached hydrogens (primary N) is 1. The highest BCUT2D eigenvalue weighted by atomic mass is 35.5. The van der Waals surface area contributed by atoms with Gasteiger partial charge in [-0.2, -0.15) is 0 Å². The fraction of sp³-hybridized carbons (Fsp3) is 0.457. The Kier molecular flexibility index (Phi) is 9.82. The van der Waals surface area contributed by atoms with E-state index in [0.29, 0.717) is 17.4 Å². The van der Waals surface area contributed by atoms with Gasteiger partial charge in [0.2, 0.25) is 5.91 Å². The second kappa shape index (κ2) is 13.5. The number of hydrogen-bond donors (Lipinski definition) is 2. The van der Waals surface area contributed by atoms with Gasteiger partial charge in [0.05, 0.1) is 5.60 Å². The van der Waals surface area contributed by atoms with Crippen molar-refractivity contribution in [3.05, 3.63) is 107 Å². The van der Waals surface area contributed by atoms with Crippen molar-refractivity contribution in [1.82, 2.24) is 9.80 Å². The fourth-order valence-electron chi connectivity index (χ4n) is 7.05. The number of carbonyl (C=O) groups excluding carboxylic acids is 1. The zero-order chi connectivity index (χ0) is 28.7. The molecule has 0 aromatic heterocycles. The maximum atomic E-state index is 11.5. The second-order valence-electron chi connectivity index (χ2n) is 12.2. The van der Waals surface area contributed by atoms with Gasteiger partial charge in [-0.1, -0.05) is 84.4 Å². The van der Waals surface area contributed by atoms with Crippen molar-refractivity contribution in [2.45, 2.75) is 56.0 Å². The zero-order valence-corrected chi connectivity index (χ0v) is 24.8. The molecule has 1 amide bonds. The molecule has 0 radical (unpaired) electrons. The van der Waals surface area contributed by atoms with E-state index in [4.69, 9.17) is 17.3 Å². The average Bonchev–Trinajstić information content (AvgIpc) is 2.99. The van der Waals surface area contributed by atoms with E-state index in [1.54, 1.807) is 0 Å². The van der Waals surface area contributed by atoms with Crippen molar-refractivity contribution in [3.8, 4) is 0 Å². The van der Waals surface area contributed by atoms with Gasteiger partial charge in [0.15, 0.2) is 0 Å². The van der Waals surface area contributed by atoms with Crippen LogP contribution in [-0.2, 0) is 15.8 Å². The molecule has 0 atom stereocenters. The maximum Gasteiger partial charge on any atom is 0.217 e. The predicted molar refractivity (Wildman–Crippen MR) is 167 cm³/mol. The molecule has 0 bridgehead atoms. The van der Waals surface area contributed by atoms with Gasteiger partial charge < -0.3 is 20.6 Å². The van der Waals surface area contributed by atoms with Crippen LogP contribution >= 0.6 is 11.6 Å². The molecule has 3 aromatic carbocycles. The summed E-state index contributed by atoms with van der Waals surface area (Å²) in [7, 11) is 0. The molecule has 41 heavy (non-hydrogen) atoms. The van der Waals surface area contributed by atoms with Crippen LogP contribution in [0.3, 0.4) is 0 Å². The lowest BCUT2D eigenvalue weighted by atomic mass is 9.70. The molecule has 5 rings (SSSR count). The largest absolute Gasteiger partial charge is 0.385 e. The first-order valence-corrected chi connectivity index (χ1v) is 15.6. The quantitative estimate of drug-likeness (QED) is 0.296. The molecule has 3 aromatic rings. The molecule has 0 unspecified atom stereocenters. The molecule has 2 aliphatic heterocycles. The van der Waals surface area contributed by atoms with E-state index in [2.05, 4.69) is 70.5 Å². The maximum absolute atomic E-state index is 11.5. The smallest absolute Gasteiger partial charge is 0.217 e. The van der Waals surface area contributed by atoms with Crippen LogP contribution < -0.4 is 5.73 Å². The van der Waals surface area contributed by atoms with Crippen LogP contribution in [0.2, 0.25) is 5.02 Å². The van der Waals surface area contributed by atoms with E-state index < -0.39 is 5.60 Å². The monoisotopic (exact) mass is 573 g/mol. The van der Waals surface area contributed by atoms with E-state index in [9.17, 15) is 9.90 Å². The second-order valence-corrected chi connectivity index (χ2v) is 12.6. The van der Waals surface area contributed by atoms with Gasteiger partial charge in [0, 0.05) is 36.5 Å². The lowest BCUT2D eigenvalue weighted by Gasteiger charge is -2.43. The van der Waals surface area contributed by atoms with Gasteiger partial charge in [-0.15, -0.1) is 0 Å². The van der Waals surface area contributed by atoms with Crippen LogP contribution in [0.5, 0.6) is 0 Å². The van der Waals surface area contributed by atoms with Crippen LogP contribution in [0.25, 0.3) is 0 Å². The van der Waals surface area contributed by atoms with Gasteiger partial charge in [-0.25, -0.2) is 0 Å². The van der Waals surface area contributed by atoms with Gasteiger partial charge >= 0.3 is 0 Å². The Bertz CT molecular complexity index is 1200. The number of likely N-dealkylation sites (tertiary alicyclic amines) is 2. The summed E-state index contributed by atoms with van der Waals surface area (Å²) >= 11 is 6.08. The number of amides is 1. The number of hydrogen-bond acceptors (Lipinski definition) is 4. The van der Waals surface area contributed by atoms with E-state index in [1.165, 1.54) is 11.1 Å². The third-order valence-electron chi connectivity index (χ3n) is 9.49.